The van der Waals surface area contributed by atoms with Crippen molar-refractivity contribution in [1.82, 2.24) is 5.32 Å². The Kier molecular flexibility index (Phi) is 6.46. The molecule has 25 heavy (non-hydrogen) atoms. The highest BCUT2D eigenvalue weighted by Gasteiger charge is 2.05. The van der Waals surface area contributed by atoms with Crippen molar-refractivity contribution < 1.29 is 19.0 Å². The molecule has 1 N–H and O–H groups in total. The number of benzene rings is 2. The SMILES string of the molecule is COc1ccc(C)cc1/C=C/C(=O)NCc1ccc(OC)c(OC)c1. The van der Waals surface area contributed by atoms with Crippen molar-refractivity contribution in [1.29, 1.82) is 0 Å². The fourth-order valence-corrected chi connectivity index (χ4v) is 2.39. The lowest BCUT2D eigenvalue weighted by Crippen LogP contribution is -2.20. The van der Waals surface area contributed by atoms with E-state index in [1.54, 1.807) is 27.4 Å². The van der Waals surface area contributed by atoms with Crippen LogP contribution in [-0.4, -0.2) is 27.2 Å². The average molecular weight is 341 g/mol. The van der Waals surface area contributed by atoms with E-state index in [4.69, 9.17) is 14.2 Å². The summed E-state index contributed by atoms with van der Waals surface area (Å²) in [6, 6.07) is 11.4. The molecule has 1 amide bonds. The van der Waals surface area contributed by atoms with E-state index < -0.39 is 0 Å². The number of nitrogens with one attached hydrogen (secondary N) is 1. The van der Waals surface area contributed by atoms with Crippen LogP contribution < -0.4 is 19.5 Å². The van der Waals surface area contributed by atoms with Gasteiger partial charge in [-0.3, -0.25) is 4.79 Å². The second kappa shape index (κ2) is 8.78. The van der Waals surface area contributed by atoms with Crippen LogP contribution in [0, 0.1) is 6.92 Å². The molecule has 0 aliphatic rings. The van der Waals surface area contributed by atoms with Crippen LogP contribution in [0.3, 0.4) is 0 Å². The summed E-state index contributed by atoms with van der Waals surface area (Å²) in [6.45, 7) is 2.39. The van der Waals surface area contributed by atoms with Gasteiger partial charge in [0.05, 0.1) is 21.3 Å². The van der Waals surface area contributed by atoms with Gasteiger partial charge in [0.2, 0.25) is 5.91 Å². The van der Waals surface area contributed by atoms with Gasteiger partial charge in [-0.25, -0.2) is 0 Å². The Balaban J connectivity index is 2.00. The van der Waals surface area contributed by atoms with Crippen LogP contribution in [0.4, 0.5) is 0 Å². The van der Waals surface area contributed by atoms with E-state index >= 15 is 0 Å². The minimum Gasteiger partial charge on any atom is -0.496 e. The number of hydrogen-bond acceptors (Lipinski definition) is 4. The quantitative estimate of drug-likeness (QED) is 0.785. The first kappa shape index (κ1) is 18.4. The number of ether oxygens (including phenoxy) is 3. The molecule has 0 saturated heterocycles. The second-order valence-electron chi connectivity index (χ2n) is 5.49. The average Bonchev–Trinajstić information content (AvgIpc) is 2.64. The third-order valence-electron chi connectivity index (χ3n) is 3.71. The number of methoxy groups -OCH3 is 3. The molecule has 0 aliphatic carbocycles. The number of carbonyl (C=O) groups is 1. The molecular formula is C20H23NO4. The number of carbonyl (C=O) groups excluding carboxylic acids is 1. The highest BCUT2D eigenvalue weighted by atomic mass is 16.5. The Hall–Kier alpha value is -2.95. The highest BCUT2D eigenvalue weighted by Crippen LogP contribution is 2.27. The van der Waals surface area contributed by atoms with Gasteiger partial charge in [0.15, 0.2) is 11.5 Å². The first-order valence-electron chi connectivity index (χ1n) is 7.89. The fourth-order valence-electron chi connectivity index (χ4n) is 2.39. The van der Waals surface area contributed by atoms with E-state index in [1.165, 1.54) is 6.08 Å². The summed E-state index contributed by atoms with van der Waals surface area (Å²) in [5.41, 5.74) is 2.89. The first-order chi connectivity index (χ1) is 12.1. The largest absolute Gasteiger partial charge is 0.496 e. The lowest BCUT2D eigenvalue weighted by Gasteiger charge is -2.10. The zero-order valence-electron chi connectivity index (χ0n) is 15.0. The molecule has 2 aromatic carbocycles. The Morgan fingerprint density at radius 1 is 0.960 bits per heavy atom. The van der Waals surface area contributed by atoms with Gasteiger partial charge in [0, 0.05) is 18.2 Å². The predicted molar refractivity (Wildman–Crippen MR) is 98.2 cm³/mol. The van der Waals surface area contributed by atoms with Crippen molar-refractivity contribution in [2.24, 2.45) is 0 Å². The van der Waals surface area contributed by atoms with E-state index in [-0.39, 0.29) is 5.91 Å². The summed E-state index contributed by atoms with van der Waals surface area (Å²) in [7, 11) is 4.78. The number of aryl methyl sites for hydroxylation is 1. The van der Waals surface area contributed by atoms with Crippen molar-refractivity contribution in [3.8, 4) is 17.2 Å². The summed E-state index contributed by atoms with van der Waals surface area (Å²) < 4.78 is 15.8. The van der Waals surface area contributed by atoms with Gasteiger partial charge >= 0.3 is 0 Å². The third-order valence-corrected chi connectivity index (χ3v) is 3.71. The molecule has 2 rings (SSSR count). The van der Waals surface area contributed by atoms with Crippen LogP contribution in [0.2, 0.25) is 0 Å². The Labute approximate surface area is 148 Å². The fraction of sp³-hybridized carbons (Fsp3) is 0.250. The maximum Gasteiger partial charge on any atom is 0.244 e. The summed E-state index contributed by atoms with van der Waals surface area (Å²) in [5, 5.41) is 2.85. The second-order valence-corrected chi connectivity index (χ2v) is 5.49. The van der Waals surface area contributed by atoms with Gasteiger partial charge in [-0.1, -0.05) is 17.7 Å². The van der Waals surface area contributed by atoms with E-state index in [0.717, 1.165) is 22.4 Å². The van der Waals surface area contributed by atoms with Crippen LogP contribution in [0.1, 0.15) is 16.7 Å². The molecule has 5 heteroatoms. The van der Waals surface area contributed by atoms with Gasteiger partial charge in [0.1, 0.15) is 5.75 Å². The smallest absolute Gasteiger partial charge is 0.244 e. The molecule has 2 aromatic rings. The summed E-state index contributed by atoms with van der Waals surface area (Å²) in [5.74, 6) is 1.84. The minimum atomic E-state index is -0.182. The van der Waals surface area contributed by atoms with Crippen molar-refractivity contribution in [3.63, 3.8) is 0 Å². The van der Waals surface area contributed by atoms with Crippen LogP contribution in [0.25, 0.3) is 6.08 Å². The molecule has 5 nitrogen and oxygen atoms in total. The lowest BCUT2D eigenvalue weighted by atomic mass is 10.1. The van der Waals surface area contributed by atoms with E-state index in [0.29, 0.717) is 18.0 Å². The van der Waals surface area contributed by atoms with Crippen LogP contribution >= 0.6 is 0 Å². The maximum absolute atomic E-state index is 12.1. The predicted octanol–water partition coefficient (Wildman–Crippen LogP) is 3.35. The molecule has 0 fully saturated rings. The van der Waals surface area contributed by atoms with Crippen molar-refractivity contribution >= 4 is 12.0 Å². The Bertz CT molecular complexity index is 768. The molecule has 0 radical (unpaired) electrons. The molecule has 0 aliphatic heterocycles. The van der Waals surface area contributed by atoms with Gasteiger partial charge < -0.3 is 19.5 Å². The molecule has 0 aromatic heterocycles. The molecule has 0 heterocycles. The van der Waals surface area contributed by atoms with Crippen LogP contribution in [0.5, 0.6) is 17.2 Å². The van der Waals surface area contributed by atoms with Gasteiger partial charge in [-0.15, -0.1) is 0 Å². The van der Waals surface area contributed by atoms with Crippen molar-refractivity contribution in [3.05, 3.63) is 59.2 Å². The zero-order valence-corrected chi connectivity index (χ0v) is 15.0. The molecular weight excluding hydrogens is 318 g/mol. The van der Waals surface area contributed by atoms with Crippen molar-refractivity contribution in [2.45, 2.75) is 13.5 Å². The van der Waals surface area contributed by atoms with E-state index in [1.807, 2.05) is 43.3 Å². The summed E-state index contributed by atoms with van der Waals surface area (Å²) >= 11 is 0. The zero-order chi connectivity index (χ0) is 18.2. The topological polar surface area (TPSA) is 56.8 Å². The molecule has 132 valence electrons. The summed E-state index contributed by atoms with van der Waals surface area (Å²) in [6.07, 6.45) is 3.24. The number of amides is 1. The van der Waals surface area contributed by atoms with Gasteiger partial charge in [-0.2, -0.15) is 0 Å². The molecule has 0 spiro atoms. The third kappa shape index (κ3) is 5.01. The maximum atomic E-state index is 12.1. The molecule has 0 bridgehead atoms. The van der Waals surface area contributed by atoms with Crippen LogP contribution in [-0.2, 0) is 11.3 Å². The van der Waals surface area contributed by atoms with E-state index in [2.05, 4.69) is 5.32 Å². The highest BCUT2D eigenvalue weighted by molar-refractivity contribution is 5.92. The Morgan fingerprint density at radius 2 is 1.64 bits per heavy atom. The summed E-state index contributed by atoms with van der Waals surface area (Å²) in [4.78, 5) is 12.1. The van der Waals surface area contributed by atoms with Crippen molar-refractivity contribution in [2.75, 3.05) is 21.3 Å². The molecule has 0 atom stereocenters. The van der Waals surface area contributed by atoms with Gasteiger partial charge in [-0.05, 0) is 42.8 Å². The Morgan fingerprint density at radius 3 is 2.32 bits per heavy atom. The van der Waals surface area contributed by atoms with Crippen LogP contribution in [0.15, 0.2) is 42.5 Å². The lowest BCUT2D eigenvalue weighted by molar-refractivity contribution is -0.116. The molecule has 0 unspecified atom stereocenters. The monoisotopic (exact) mass is 341 g/mol. The first-order valence-corrected chi connectivity index (χ1v) is 7.89. The number of hydrogen-bond donors (Lipinski definition) is 1. The van der Waals surface area contributed by atoms with Gasteiger partial charge in [0.25, 0.3) is 0 Å². The molecule has 0 saturated carbocycles. The van der Waals surface area contributed by atoms with E-state index in [9.17, 15) is 4.79 Å². The number of rotatable bonds is 7. The normalized spacial score (nSPS) is 10.6. The standard InChI is InChI=1S/C20H23NO4/c1-14-5-8-17(23-2)16(11-14)7-10-20(22)21-13-15-6-9-18(24-3)19(12-15)25-4/h5-12H,13H2,1-4H3,(H,21,22)/b10-7+. The minimum absolute atomic E-state index is 0.182.